The minimum Gasteiger partial charge on any atom is -0.354 e. The number of pyridine rings is 1. The summed E-state index contributed by atoms with van der Waals surface area (Å²) in [7, 11) is 0. The highest BCUT2D eigenvalue weighted by Gasteiger charge is 2.18. The molecule has 1 saturated heterocycles. The SMILES string of the molecule is C[C@H]1CCCCN1Cc1ccc2[nH]c(-c3c[c]cn(C(N)=O)c3=O)cc2c1. The third-order valence-electron chi connectivity index (χ3n) is 5.42. The highest BCUT2D eigenvalue weighted by atomic mass is 16.2. The summed E-state index contributed by atoms with van der Waals surface area (Å²) in [6, 6.07) is 12.4. The molecule has 1 aromatic carbocycles. The first-order valence-electron chi connectivity index (χ1n) is 9.31. The first-order valence-corrected chi connectivity index (χ1v) is 9.31. The van der Waals surface area contributed by atoms with Crippen molar-refractivity contribution < 1.29 is 4.79 Å². The Morgan fingerprint density at radius 3 is 2.96 bits per heavy atom. The number of carbonyl (C=O) groups excluding carboxylic acids is 1. The van der Waals surface area contributed by atoms with Gasteiger partial charge in [-0.3, -0.25) is 9.69 Å². The van der Waals surface area contributed by atoms with Gasteiger partial charge in [0, 0.05) is 35.8 Å². The molecule has 0 aliphatic carbocycles. The molecule has 2 aromatic heterocycles. The second-order valence-electron chi connectivity index (χ2n) is 7.29. The Kier molecular flexibility index (Phi) is 4.58. The van der Waals surface area contributed by atoms with E-state index in [0.717, 1.165) is 28.6 Å². The largest absolute Gasteiger partial charge is 0.354 e. The summed E-state index contributed by atoms with van der Waals surface area (Å²) in [5, 5.41) is 1.04. The summed E-state index contributed by atoms with van der Waals surface area (Å²) in [6.07, 6.45) is 5.09. The molecule has 139 valence electrons. The smallest absolute Gasteiger partial charge is 0.325 e. The summed E-state index contributed by atoms with van der Waals surface area (Å²) in [6.45, 7) is 4.37. The van der Waals surface area contributed by atoms with E-state index in [9.17, 15) is 9.59 Å². The van der Waals surface area contributed by atoms with Crippen molar-refractivity contribution in [1.29, 1.82) is 0 Å². The molecule has 6 heteroatoms. The van der Waals surface area contributed by atoms with Crippen LogP contribution < -0.4 is 11.3 Å². The van der Waals surface area contributed by atoms with E-state index in [4.69, 9.17) is 5.73 Å². The average molecular weight is 363 g/mol. The predicted molar refractivity (Wildman–Crippen MR) is 106 cm³/mol. The molecule has 1 fully saturated rings. The molecule has 1 aliphatic heterocycles. The molecule has 1 atom stereocenters. The molecule has 3 heterocycles. The zero-order chi connectivity index (χ0) is 19.0. The third kappa shape index (κ3) is 3.40. The normalized spacial score (nSPS) is 18.0. The Morgan fingerprint density at radius 2 is 2.19 bits per heavy atom. The molecule has 1 amide bonds. The van der Waals surface area contributed by atoms with Gasteiger partial charge in [0.05, 0.1) is 11.3 Å². The van der Waals surface area contributed by atoms with E-state index in [0.29, 0.717) is 17.3 Å². The van der Waals surface area contributed by atoms with E-state index in [1.165, 1.54) is 31.0 Å². The number of likely N-dealkylation sites (tertiary alicyclic amines) is 1. The van der Waals surface area contributed by atoms with Crippen molar-refractivity contribution in [2.24, 2.45) is 5.73 Å². The number of benzene rings is 1. The van der Waals surface area contributed by atoms with E-state index in [-0.39, 0.29) is 0 Å². The van der Waals surface area contributed by atoms with Crippen LogP contribution in [0.2, 0.25) is 0 Å². The number of hydrogen-bond acceptors (Lipinski definition) is 3. The topological polar surface area (TPSA) is 84.1 Å². The van der Waals surface area contributed by atoms with E-state index < -0.39 is 11.6 Å². The number of rotatable bonds is 3. The number of aromatic amines is 1. The molecular weight excluding hydrogens is 340 g/mol. The molecule has 1 radical (unpaired) electrons. The van der Waals surface area contributed by atoms with Gasteiger partial charge in [-0.05, 0) is 56.1 Å². The van der Waals surface area contributed by atoms with Crippen molar-refractivity contribution in [3.05, 3.63) is 58.5 Å². The highest BCUT2D eigenvalue weighted by molar-refractivity contribution is 5.86. The first-order chi connectivity index (χ1) is 13.0. The van der Waals surface area contributed by atoms with Crippen molar-refractivity contribution in [2.45, 2.75) is 38.8 Å². The van der Waals surface area contributed by atoms with E-state index in [1.54, 1.807) is 6.07 Å². The molecule has 3 aromatic rings. The Labute approximate surface area is 157 Å². The van der Waals surface area contributed by atoms with Gasteiger partial charge in [0.2, 0.25) is 0 Å². The molecule has 1 aliphatic rings. The van der Waals surface area contributed by atoms with Crippen LogP contribution in [0.25, 0.3) is 22.2 Å². The van der Waals surface area contributed by atoms with Crippen molar-refractivity contribution in [1.82, 2.24) is 14.5 Å². The van der Waals surface area contributed by atoms with Crippen molar-refractivity contribution in [3.63, 3.8) is 0 Å². The maximum Gasteiger partial charge on any atom is 0.325 e. The zero-order valence-corrected chi connectivity index (χ0v) is 15.4. The van der Waals surface area contributed by atoms with Gasteiger partial charge in [0.1, 0.15) is 0 Å². The molecule has 27 heavy (non-hydrogen) atoms. The van der Waals surface area contributed by atoms with Crippen LogP contribution in [-0.2, 0) is 6.54 Å². The predicted octanol–water partition coefficient (Wildman–Crippen LogP) is 3.10. The lowest BCUT2D eigenvalue weighted by Crippen LogP contribution is -2.36. The van der Waals surface area contributed by atoms with Gasteiger partial charge < -0.3 is 10.7 Å². The Morgan fingerprint density at radius 1 is 1.33 bits per heavy atom. The Hall–Kier alpha value is -2.86. The lowest BCUT2D eigenvalue weighted by molar-refractivity contribution is 0.152. The van der Waals surface area contributed by atoms with Gasteiger partial charge in [0.25, 0.3) is 5.56 Å². The van der Waals surface area contributed by atoms with Gasteiger partial charge in [-0.15, -0.1) is 0 Å². The van der Waals surface area contributed by atoms with Crippen molar-refractivity contribution >= 4 is 16.9 Å². The maximum absolute atomic E-state index is 12.5. The number of hydrogen-bond donors (Lipinski definition) is 2. The van der Waals surface area contributed by atoms with Crippen molar-refractivity contribution in [2.75, 3.05) is 6.54 Å². The molecule has 0 unspecified atom stereocenters. The van der Waals surface area contributed by atoms with Crippen LogP contribution in [0, 0.1) is 6.07 Å². The number of nitrogens with one attached hydrogen (secondary N) is 1. The zero-order valence-electron chi connectivity index (χ0n) is 15.4. The van der Waals surface area contributed by atoms with Gasteiger partial charge in [-0.1, -0.05) is 12.5 Å². The first kappa shape index (κ1) is 17.5. The summed E-state index contributed by atoms with van der Waals surface area (Å²) in [5.41, 5.74) is 8.04. The Balaban J connectivity index is 1.66. The van der Waals surface area contributed by atoms with E-state index >= 15 is 0 Å². The molecule has 0 spiro atoms. The Bertz CT molecular complexity index is 1050. The lowest BCUT2D eigenvalue weighted by atomic mass is 10.0. The standard InChI is InChI=1S/C21H23N4O2/c1-14-5-2-3-9-24(14)13-15-7-8-18-16(11-15)12-19(23-18)17-6-4-10-25(20(17)26)21(22)27/h6-8,10-12,14,23H,2-3,5,9,13H2,1H3,(H2,22,27)/t14-/m0/s1. The lowest BCUT2D eigenvalue weighted by Gasteiger charge is -2.33. The summed E-state index contributed by atoms with van der Waals surface area (Å²) in [5.74, 6) is 0. The van der Waals surface area contributed by atoms with Gasteiger partial charge in [-0.25, -0.2) is 9.36 Å². The van der Waals surface area contributed by atoms with Gasteiger partial charge >= 0.3 is 6.03 Å². The fourth-order valence-corrected chi connectivity index (χ4v) is 3.85. The summed E-state index contributed by atoms with van der Waals surface area (Å²) in [4.78, 5) is 29.6. The number of H-pyrrole nitrogens is 1. The number of primary amides is 1. The maximum atomic E-state index is 12.5. The monoisotopic (exact) mass is 363 g/mol. The molecule has 0 saturated carbocycles. The van der Waals surface area contributed by atoms with Gasteiger partial charge in [0.15, 0.2) is 0 Å². The van der Waals surface area contributed by atoms with Crippen LogP contribution in [0.1, 0.15) is 31.7 Å². The molecule has 0 bridgehead atoms. The number of aromatic nitrogens is 2. The van der Waals surface area contributed by atoms with Crippen LogP contribution in [0.15, 0.2) is 41.3 Å². The minimum absolute atomic E-state index is 0.374. The number of piperidine rings is 1. The second kappa shape index (κ2) is 7.04. The van der Waals surface area contributed by atoms with Crippen LogP contribution >= 0.6 is 0 Å². The second-order valence-corrected chi connectivity index (χ2v) is 7.29. The van der Waals surface area contributed by atoms with Crippen LogP contribution in [0.3, 0.4) is 0 Å². The number of nitrogens with two attached hydrogens (primary N) is 1. The van der Waals surface area contributed by atoms with Crippen molar-refractivity contribution in [3.8, 4) is 11.3 Å². The number of fused-ring (bicyclic) bond motifs is 1. The van der Waals surface area contributed by atoms with E-state index in [2.05, 4.69) is 35.0 Å². The molecule has 6 nitrogen and oxygen atoms in total. The molecule has 4 rings (SSSR count). The fourth-order valence-electron chi connectivity index (χ4n) is 3.85. The van der Waals surface area contributed by atoms with Crippen LogP contribution in [0.5, 0.6) is 0 Å². The number of carbonyl (C=O) groups is 1. The highest BCUT2D eigenvalue weighted by Crippen LogP contribution is 2.25. The van der Waals surface area contributed by atoms with Gasteiger partial charge in [-0.2, -0.15) is 0 Å². The summed E-state index contributed by atoms with van der Waals surface area (Å²) >= 11 is 0. The quantitative estimate of drug-likeness (QED) is 0.750. The van der Waals surface area contributed by atoms with Crippen LogP contribution in [-0.4, -0.2) is 33.1 Å². The average Bonchev–Trinajstić information content (AvgIpc) is 3.06. The third-order valence-corrected chi connectivity index (χ3v) is 5.42. The summed E-state index contributed by atoms with van der Waals surface area (Å²) < 4.78 is 0.865. The molecular formula is C21H23N4O2. The van der Waals surface area contributed by atoms with E-state index in [1.807, 2.05) is 12.1 Å². The number of nitrogens with zero attached hydrogens (tertiary/aromatic N) is 2. The minimum atomic E-state index is -0.813. The van der Waals surface area contributed by atoms with Crippen LogP contribution in [0.4, 0.5) is 4.79 Å². The fraction of sp³-hybridized carbons (Fsp3) is 0.333. The number of amides is 1. The molecule has 3 N–H and O–H groups in total.